The molecule has 0 aliphatic heterocycles. The number of aromatic nitrogens is 2. The molecular weight excluding hydrogens is 323 g/mol. The molecule has 90 valence electrons. The van der Waals surface area contributed by atoms with Gasteiger partial charge in [-0.3, -0.25) is 4.68 Å². The molecule has 0 aliphatic rings. The smallest absolute Gasteiger partial charge is 0.0568 e. The third-order valence-corrected chi connectivity index (χ3v) is 4.04. The molecule has 0 unspecified atom stereocenters. The van der Waals surface area contributed by atoms with Gasteiger partial charge >= 0.3 is 0 Å². The lowest BCUT2D eigenvalue weighted by atomic mass is 10.1. The fourth-order valence-corrected chi connectivity index (χ4v) is 2.73. The van der Waals surface area contributed by atoms with Crippen molar-refractivity contribution in [1.29, 1.82) is 0 Å². The van der Waals surface area contributed by atoms with Crippen molar-refractivity contribution in [1.82, 2.24) is 9.78 Å². The first-order valence-corrected chi connectivity index (χ1v) is 7.13. The average Bonchev–Trinajstić information content (AvgIpc) is 2.81. The van der Waals surface area contributed by atoms with E-state index in [-0.39, 0.29) is 0 Å². The number of benzene rings is 1. The lowest BCUT2D eigenvalue weighted by Gasteiger charge is -2.12. The summed E-state index contributed by atoms with van der Waals surface area (Å²) in [7, 11) is 0. The van der Waals surface area contributed by atoms with E-state index in [4.69, 9.17) is 0 Å². The lowest BCUT2D eigenvalue weighted by Crippen LogP contribution is -2.06. The first-order valence-electron chi connectivity index (χ1n) is 6.05. The molecule has 0 N–H and O–H groups in total. The van der Waals surface area contributed by atoms with Gasteiger partial charge in [0, 0.05) is 15.3 Å². The average molecular weight is 340 g/mol. The standard InChI is InChI=1S/C14H17IN2/c1-3-12(4-2)17-10-11(9-16-17)13-7-5-6-8-14(13)15/h5-10,12H,3-4H2,1-2H3. The maximum Gasteiger partial charge on any atom is 0.0568 e. The van der Waals surface area contributed by atoms with Crippen molar-refractivity contribution in [3.8, 4) is 11.1 Å². The van der Waals surface area contributed by atoms with Crippen LogP contribution in [-0.2, 0) is 0 Å². The van der Waals surface area contributed by atoms with E-state index in [1.165, 1.54) is 14.7 Å². The van der Waals surface area contributed by atoms with Crippen LogP contribution in [0, 0.1) is 3.57 Å². The molecule has 1 aromatic heterocycles. The van der Waals surface area contributed by atoms with Crippen LogP contribution >= 0.6 is 22.6 Å². The van der Waals surface area contributed by atoms with E-state index in [0.29, 0.717) is 6.04 Å². The monoisotopic (exact) mass is 340 g/mol. The summed E-state index contributed by atoms with van der Waals surface area (Å²) in [5, 5.41) is 4.49. The second kappa shape index (κ2) is 5.67. The quantitative estimate of drug-likeness (QED) is 0.749. The van der Waals surface area contributed by atoms with Crippen LogP contribution in [0.2, 0.25) is 0 Å². The molecule has 2 nitrogen and oxygen atoms in total. The molecule has 3 heteroatoms. The summed E-state index contributed by atoms with van der Waals surface area (Å²) in [6.07, 6.45) is 6.39. The van der Waals surface area contributed by atoms with Crippen molar-refractivity contribution >= 4 is 22.6 Å². The van der Waals surface area contributed by atoms with Gasteiger partial charge in [-0.15, -0.1) is 0 Å². The van der Waals surface area contributed by atoms with Gasteiger partial charge in [0.25, 0.3) is 0 Å². The Morgan fingerprint density at radius 3 is 2.59 bits per heavy atom. The molecule has 0 saturated heterocycles. The van der Waals surface area contributed by atoms with Gasteiger partial charge in [0.2, 0.25) is 0 Å². The van der Waals surface area contributed by atoms with Crippen molar-refractivity contribution in [2.45, 2.75) is 32.7 Å². The second-order valence-corrected chi connectivity index (χ2v) is 5.32. The highest BCUT2D eigenvalue weighted by atomic mass is 127. The molecule has 2 aromatic rings. The van der Waals surface area contributed by atoms with Crippen LogP contribution in [0.5, 0.6) is 0 Å². The van der Waals surface area contributed by atoms with E-state index < -0.39 is 0 Å². The van der Waals surface area contributed by atoms with Crippen LogP contribution < -0.4 is 0 Å². The van der Waals surface area contributed by atoms with Gasteiger partial charge < -0.3 is 0 Å². The Hall–Kier alpha value is -0.840. The SMILES string of the molecule is CCC(CC)n1cc(-c2ccccc2I)cn1. The van der Waals surface area contributed by atoms with Crippen molar-refractivity contribution in [3.63, 3.8) is 0 Å². The Bertz CT molecular complexity index is 486. The van der Waals surface area contributed by atoms with Gasteiger partial charge in [0.1, 0.15) is 0 Å². The van der Waals surface area contributed by atoms with Crippen molar-refractivity contribution in [2.75, 3.05) is 0 Å². The van der Waals surface area contributed by atoms with Crippen LogP contribution in [-0.4, -0.2) is 9.78 Å². The molecule has 0 spiro atoms. The Morgan fingerprint density at radius 2 is 1.94 bits per heavy atom. The number of hydrogen-bond acceptors (Lipinski definition) is 1. The van der Waals surface area contributed by atoms with Gasteiger partial charge in [0.15, 0.2) is 0 Å². The summed E-state index contributed by atoms with van der Waals surface area (Å²) in [5.74, 6) is 0. The van der Waals surface area contributed by atoms with Crippen LogP contribution in [0.1, 0.15) is 32.7 Å². The van der Waals surface area contributed by atoms with Gasteiger partial charge in [0.05, 0.1) is 12.2 Å². The van der Waals surface area contributed by atoms with E-state index in [1.54, 1.807) is 0 Å². The number of nitrogens with zero attached hydrogens (tertiary/aromatic N) is 2. The van der Waals surface area contributed by atoms with Crippen molar-refractivity contribution in [2.24, 2.45) is 0 Å². The normalized spacial score (nSPS) is 11.1. The molecule has 17 heavy (non-hydrogen) atoms. The summed E-state index contributed by atoms with van der Waals surface area (Å²) in [5.41, 5.74) is 2.48. The van der Waals surface area contributed by atoms with E-state index in [9.17, 15) is 0 Å². The fraction of sp³-hybridized carbons (Fsp3) is 0.357. The maximum atomic E-state index is 4.49. The Balaban J connectivity index is 2.33. The summed E-state index contributed by atoms with van der Waals surface area (Å²) in [6, 6.07) is 8.94. The molecular formula is C14H17IN2. The summed E-state index contributed by atoms with van der Waals surface area (Å²) in [4.78, 5) is 0. The zero-order chi connectivity index (χ0) is 12.3. The second-order valence-electron chi connectivity index (χ2n) is 4.16. The molecule has 0 saturated carbocycles. The van der Waals surface area contributed by atoms with Gasteiger partial charge in [-0.05, 0) is 47.1 Å². The zero-order valence-electron chi connectivity index (χ0n) is 10.2. The highest BCUT2D eigenvalue weighted by molar-refractivity contribution is 14.1. The van der Waals surface area contributed by atoms with E-state index in [0.717, 1.165) is 12.8 Å². The third kappa shape index (κ3) is 2.70. The molecule has 0 bridgehead atoms. The Labute approximate surface area is 116 Å². The van der Waals surface area contributed by atoms with Crippen molar-refractivity contribution in [3.05, 3.63) is 40.2 Å². The topological polar surface area (TPSA) is 17.8 Å². The summed E-state index contributed by atoms with van der Waals surface area (Å²) in [6.45, 7) is 4.42. The molecule has 0 amide bonds. The van der Waals surface area contributed by atoms with Crippen molar-refractivity contribution < 1.29 is 0 Å². The van der Waals surface area contributed by atoms with Crippen LogP contribution in [0.25, 0.3) is 11.1 Å². The highest BCUT2D eigenvalue weighted by Gasteiger charge is 2.09. The molecule has 0 atom stereocenters. The maximum absolute atomic E-state index is 4.49. The number of hydrogen-bond donors (Lipinski definition) is 0. The van der Waals surface area contributed by atoms with E-state index in [2.05, 4.69) is 76.7 Å². The van der Waals surface area contributed by atoms with Gasteiger partial charge in [-0.25, -0.2) is 0 Å². The number of rotatable bonds is 4. The van der Waals surface area contributed by atoms with Crippen LogP contribution in [0.15, 0.2) is 36.7 Å². The first kappa shape index (κ1) is 12.6. The minimum Gasteiger partial charge on any atom is -0.269 e. The van der Waals surface area contributed by atoms with Crippen LogP contribution in [0.4, 0.5) is 0 Å². The van der Waals surface area contributed by atoms with Crippen LogP contribution in [0.3, 0.4) is 0 Å². The molecule has 0 fully saturated rings. The molecule has 0 aliphatic carbocycles. The molecule has 2 rings (SSSR count). The third-order valence-electron chi connectivity index (χ3n) is 3.10. The zero-order valence-corrected chi connectivity index (χ0v) is 12.4. The minimum absolute atomic E-state index is 0.519. The summed E-state index contributed by atoms with van der Waals surface area (Å²) < 4.78 is 3.37. The Morgan fingerprint density at radius 1 is 1.24 bits per heavy atom. The predicted molar refractivity (Wildman–Crippen MR) is 80.0 cm³/mol. The van der Waals surface area contributed by atoms with E-state index >= 15 is 0 Å². The minimum atomic E-state index is 0.519. The Kier molecular flexibility index (Phi) is 4.20. The predicted octanol–water partition coefficient (Wildman–Crippen LogP) is 4.52. The molecule has 1 heterocycles. The summed E-state index contributed by atoms with van der Waals surface area (Å²) >= 11 is 2.37. The first-order chi connectivity index (χ1) is 8.26. The van der Waals surface area contributed by atoms with Gasteiger partial charge in [-0.1, -0.05) is 32.0 Å². The number of halogens is 1. The van der Waals surface area contributed by atoms with Gasteiger partial charge in [-0.2, -0.15) is 5.10 Å². The highest BCUT2D eigenvalue weighted by Crippen LogP contribution is 2.26. The fourth-order valence-electron chi connectivity index (χ4n) is 2.03. The largest absolute Gasteiger partial charge is 0.269 e. The molecule has 1 aromatic carbocycles. The van der Waals surface area contributed by atoms with E-state index in [1.807, 2.05) is 6.20 Å². The lowest BCUT2D eigenvalue weighted by molar-refractivity contribution is 0.428. The molecule has 0 radical (unpaired) electrons.